The van der Waals surface area contributed by atoms with Gasteiger partial charge in [-0.05, 0) is 41.8 Å². The lowest BCUT2D eigenvalue weighted by Gasteiger charge is -2.13. The standard InChI is InChI=1S/C21H23N3O5/c1-29-17-8-4-15(5-9-17)13-24-20(27)18(23-21(24)28)12-19(26)22-11-10-14-2-6-16(25)7-3-14/h2-9,18,25H,10-13H2,1H3,(H,22,26)(H,23,28)/t18-/m1/s1. The lowest BCUT2D eigenvalue weighted by molar-refractivity contribution is -0.131. The molecule has 3 N–H and O–H groups in total. The summed E-state index contributed by atoms with van der Waals surface area (Å²) in [5.41, 5.74) is 1.76. The Morgan fingerprint density at radius 1 is 1.10 bits per heavy atom. The highest BCUT2D eigenvalue weighted by Gasteiger charge is 2.38. The predicted octanol–water partition coefficient (Wildman–Crippen LogP) is 1.57. The van der Waals surface area contributed by atoms with Gasteiger partial charge in [-0.25, -0.2) is 4.79 Å². The predicted molar refractivity (Wildman–Crippen MR) is 105 cm³/mol. The van der Waals surface area contributed by atoms with Crippen LogP contribution in [0.4, 0.5) is 4.79 Å². The number of ether oxygens (including phenoxy) is 1. The summed E-state index contributed by atoms with van der Waals surface area (Å²) in [5, 5.41) is 14.6. The van der Waals surface area contributed by atoms with Gasteiger partial charge >= 0.3 is 6.03 Å². The Bertz CT molecular complexity index is 880. The maximum atomic E-state index is 12.5. The Morgan fingerprint density at radius 2 is 1.76 bits per heavy atom. The molecule has 2 aromatic carbocycles. The zero-order chi connectivity index (χ0) is 20.8. The van der Waals surface area contributed by atoms with Crippen molar-refractivity contribution < 1.29 is 24.2 Å². The molecule has 1 aliphatic heterocycles. The first kappa shape index (κ1) is 20.2. The molecule has 1 atom stereocenters. The average Bonchev–Trinajstić information content (AvgIpc) is 2.97. The lowest BCUT2D eigenvalue weighted by Crippen LogP contribution is -2.37. The third-order valence-electron chi connectivity index (χ3n) is 4.67. The maximum absolute atomic E-state index is 12.5. The van der Waals surface area contributed by atoms with Crippen LogP contribution >= 0.6 is 0 Å². The number of rotatable bonds is 8. The summed E-state index contributed by atoms with van der Waals surface area (Å²) in [7, 11) is 1.56. The third kappa shape index (κ3) is 5.25. The molecule has 1 heterocycles. The molecule has 0 radical (unpaired) electrons. The fourth-order valence-corrected chi connectivity index (χ4v) is 3.04. The Labute approximate surface area is 168 Å². The topological polar surface area (TPSA) is 108 Å². The van der Waals surface area contributed by atoms with Crippen LogP contribution in [-0.4, -0.2) is 47.5 Å². The number of carbonyl (C=O) groups is 3. The molecule has 2 aromatic rings. The van der Waals surface area contributed by atoms with E-state index in [1.807, 2.05) is 0 Å². The minimum Gasteiger partial charge on any atom is -0.508 e. The summed E-state index contributed by atoms with van der Waals surface area (Å²) in [5.74, 6) is 0.147. The van der Waals surface area contributed by atoms with Gasteiger partial charge < -0.3 is 20.5 Å². The lowest BCUT2D eigenvalue weighted by atomic mass is 10.1. The number of nitrogens with one attached hydrogen (secondary N) is 2. The number of carbonyl (C=O) groups excluding carboxylic acids is 3. The van der Waals surface area contributed by atoms with E-state index < -0.39 is 18.0 Å². The summed E-state index contributed by atoms with van der Waals surface area (Å²) >= 11 is 0. The third-order valence-corrected chi connectivity index (χ3v) is 4.67. The van der Waals surface area contributed by atoms with E-state index in [2.05, 4.69) is 10.6 Å². The van der Waals surface area contributed by atoms with Gasteiger partial charge in [0, 0.05) is 6.54 Å². The molecule has 0 bridgehead atoms. The molecule has 0 saturated carbocycles. The van der Waals surface area contributed by atoms with Gasteiger partial charge in [0.05, 0.1) is 20.1 Å². The van der Waals surface area contributed by atoms with Gasteiger partial charge in [0.25, 0.3) is 5.91 Å². The van der Waals surface area contributed by atoms with Crippen molar-refractivity contribution >= 4 is 17.8 Å². The normalized spacial score (nSPS) is 15.9. The summed E-state index contributed by atoms with van der Waals surface area (Å²) in [6, 6.07) is 12.4. The quantitative estimate of drug-likeness (QED) is 0.586. The van der Waals surface area contributed by atoms with Crippen molar-refractivity contribution in [2.75, 3.05) is 13.7 Å². The summed E-state index contributed by atoms with van der Waals surface area (Å²) < 4.78 is 5.09. The number of aromatic hydroxyl groups is 1. The molecule has 0 spiro atoms. The van der Waals surface area contributed by atoms with Crippen LogP contribution in [0.1, 0.15) is 17.5 Å². The van der Waals surface area contributed by atoms with Crippen LogP contribution in [0.15, 0.2) is 48.5 Å². The Morgan fingerprint density at radius 3 is 2.41 bits per heavy atom. The first-order chi connectivity index (χ1) is 14.0. The number of benzene rings is 2. The van der Waals surface area contributed by atoms with Crippen LogP contribution < -0.4 is 15.4 Å². The van der Waals surface area contributed by atoms with E-state index >= 15 is 0 Å². The number of methoxy groups -OCH3 is 1. The van der Waals surface area contributed by atoms with E-state index in [1.165, 1.54) is 0 Å². The molecule has 0 aromatic heterocycles. The summed E-state index contributed by atoms with van der Waals surface area (Å²) in [6.07, 6.45) is 0.486. The number of phenolic OH excluding ortho intramolecular Hbond substituents is 1. The average molecular weight is 397 g/mol. The van der Waals surface area contributed by atoms with Gasteiger partial charge in [-0.2, -0.15) is 0 Å². The largest absolute Gasteiger partial charge is 0.508 e. The molecule has 3 rings (SSSR count). The fourth-order valence-electron chi connectivity index (χ4n) is 3.04. The zero-order valence-corrected chi connectivity index (χ0v) is 16.1. The SMILES string of the molecule is COc1ccc(CN2C(=O)N[C@H](CC(=O)NCCc3ccc(O)cc3)C2=O)cc1. The molecule has 8 nitrogen and oxygen atoms in total. The van der Waals surface area contributed by atoms with Crippen LogP contribution in [0.2, 0.25) is 0 Å². The van der Waals surface area contributed by atoms with Crippen LogP contribution in [0, 0.1) is 0 Å². The van der Waals surface area contributed by atoms with E-state index in [0.29, 0.717) is 18.7 Å². The van der Waals surface area contributed by atoms with Gasteiger partial charge in [0.2, 0.25) is 5.91 Å². The van der Waals surface area contributed by atoms with E-state index in [-0.39, 0.29) is 24.6 Å². The Balaban J connectivity index is 1.48. The number of phenols is 1. The smallest absolute Gasteiger partial charge is 0.325 e. The van der Waals surface area contributed by atoms with Crippen LogP contribution in [0.25, 0.3) is 0 Å². The highest BCUT2D eigenvalue weighted by atomic mass is 16.5. The van der Waals surface area contributed by atoms with Gasteiger partial charge in [-0.15, -0.1) is 0 Å². The molecule has 0 aliphatic carbocycles. The van der Waals surface area contributed by atoms with Crippen molar-refractivity contribution in [2.24, 2.45) is 0 Å². The molecule has 1 fully saturated rings. The Hall–Kier alpha value is -3.55. The monoisotopic (exact) mass is 397 g/mol. The first-order valence-electron chi connectivity index (χ1n) is 9.25. The van der Waals surface area contributed by atoms with Crippen LogP contribution in [0.5, 0.6) is 11.5 Å². The number of nitrogens with zero attached hydrogens (tertiary/aromatic N) is 1. The second-order valence-electron chi connectivity index (χ2n) is 6.75. The highest BCUT2D eigenvalue weighted by molar-refractivity contribution is 6.05. The second kappa shape index (κ2) is 9.09. The molecular formula is C21H23N3O5. The molecule has 1 saturated heterocycles. The number of amides is 4. The second-order valence-corrected chi connectivity index (χ2v) is 6.75. The zero-order valence-electron chi connectivity index (χ0n) is 16.1. The van der Waals surface area contributed by atoms with Gasteiger partial charge in [0.15, 0.2) is 0 Å². The Kier molecular flexibility index (Phi) is 6.33. The number of urea groups is 1. The van der Waals surface area contributed by atoms with Crippen LogP contribution in [0.3, 0.4) is 0 Å². The summed E-state index contributed by atoms with van der Waals surface area (Å²) in [4.78, 5) is 37.9. The van der Waals surface area contributed by atoms with E-state index in [0.717, 1.165) is 16.0 Å². The van der Waals surface area contributed by atoms with E-state index in [9.17, 15) is 19.5 Å². The first-order valence-corrected chi connectivity index (χ1v) is 9.25. The minimum atomic E-state index is -0.866. The van der Waals surface area contributed by atoms with Gasteiger partial charge in [-0.1, -0.05) is 24.3 Å². The van der Waals surface area contributed by atoms with Crippen molar-refractivity contribution in [1.82, 2.24) is 15.5 Å². The fraction of sp³-hybridized carbons (Fsp3) is 0.286. The number of hydrogen-bond donors (Lipinski definition) is 3. The molecule has 4 amide bonds. The van der Waals surface area contributed by atoms with E-state index in [1.54, 1.807) is 55.6 Å². The molecule has 8 heteroatoms. The van der Waals surface area contributed by atoms with Gasteiger partial charge in [-0.3, -0.25) is 14.5 Å². The van der Waals surface area contributed by atoms with Crippen molar-refractivity contribution in [3.05, 3.63) is 59.7 Å². The maximum Gasteiger partial charge on any atom is 0.325 e. The molecular weight excluding hydrogens is 374 g/mol. The highest BCUT2D eigenvalue weighted by Crippen LogP contribution is 2.17. The molecule has 152 valence electrons. The minimum absolute atomic E-state index is 0.112. The molecule has 1 aliphatic rings. The van der Waals surface area contributed by atoms with Crippen molar-refractivity contribution in [2.45, 2.75) is 25.4 Å². The van der Waals surface area contributed by atoms with Crippen molar-refractivity contribution in [3.8, 4) is 11.5 Å². The molecule has 0 unspecified atom stereocenters. The van der Waals surface area contributed by atoms with E-state index in [4.69, 9.17) is 4.74 Å². The number of hydrogen-bond acceptors (Lipinski definition) is 5. The molecule has 29 heavy (non-hydrogen) atoms. The summed E-state index contributed by atoms with van der Waals surface area (Å²) in [6.45, 7) is 0.529. The van der Waals surface area contributed by atoms with Gasteiger partial charge in [0.1, 0.15) is 17.5 Å². The number of imide groups is 1. The van der Waals surface area contributed by atoms with Crippen molar-refractivity contribution in [1.29, 1.82) is 0 Å². The van der Waals surface area contributed by atoms with Crippen molar-refractivity contribution in [3.63, 3.8) is 0 Å². The van der Waals surface area contributed by atoms with Crippen LogP contribution in [-0.2, 0) is 22.6 Å².